The molecule has 8 aromatic rings. The molecule has 20 heteroatoms. The number of hydrogen-bond acceptors (Lipinski definition) is 14. The molecule has 1 aromatic heterocycles. The average molecular weight is 1400 g/mol. The quantitative estimate of drug-likeness (QED) is 0.0303. The Morgan fingerprint density at radius 1 is 0.588 bits per heavy atom. The molecule has 7 aromatic carbocycles. The third kappa shape index (κ3) is 18.8. The summed E-state index contributed by atoms with van der Waals surface area (Å²) in [6, 6.07) is 57.5. The molecule has 1 atom stereocenters. The zero-order chi connectivity index (χ0) is 70.8. The molecule has 1 fully saturated rings. The second-order valence-electron chi connectivity index (χ2n) is 28.1. The highest BCUT2D eigenvalue weighted by Gasteiger charge is 2.40. The number of amides is 3. The van der Waals surface area contributed by atoms with Gasteiger partial charge < -0.3 is 61.8 Å². The van der Waals surface area contributed by atoms with Gasteiger partial charge in [-0.15, -0.1) is 0 Å². The Morgan fingerprint density at radius 2 is 1.21 bits per heavy atom. The largest absolute Gasteiger partial charge is 0.544 e. The second-order valence-corrected chi connectivity index (χ2v) is 32.8. The summed E-state index contributed by atoms with van der Waals surface area (Å²) in [7, 11) is -2.12. The minimum Gasteiger partial charge on any atom is -0.544 e. The van der Waals surface area contributed by atoms with E-state index in [1.807, 2.05) is 140 Å². The summed E-state index contributed by atoms with van der Waals surface area (Å²) in [6.45, 7) is 21.8. The van der Waals surface area contributed by atoms with E-state index < -0.39 is 14.4 Å². The van der Waals surface area contributed by atoms with Crippen molar-refractivity contribution in [3.63, 3.8) is 0 Å². The maximum absolute atomic E-state index is 15.8. The van der Waals surface area contributed by atoms with Crippen LogP contribution in [-0.4, -0.2) is 174 Å². The number of ether oxygens (including phenoxy) is 8. The first-order valence-electron chi connectivity index (χ1n) is 36.0. The fourth-order valence-corrected chi connectivity index (χ4v) is 14.4. The van der Waals surface area contributed by atoms with Gasteiger partial charge in [0, 0.05) is 106 Å². The molecule has 4 aliphatic rings. The number of carbonyl (C=O) groups is 3. The molecular formula is C82H98N6O13Si. The molecule has 0 aliphatic carbocycles. The number of para-hydroxylation sites is 1. The van der Waals surface area contributed by atoms with Crippen molar-refractivity contribution in [3.05, 3.63) is 221 Å². The van der Waals surface area contributed by atoms with Crippen molar-refractivity contribution >= 4 is 37.6 Å². The van der Waals surface area contributed by atoms with Crippen molar-refractivity contribution in [1.29, 1.82) is 0 Å². The van der Waals surface area contributed by atoms with Crippen LogP contribution in [0.15, 0.2) is 176 Å². The molecule has 3 amide bonds. The highest BCUT2D eigenvalue weighted by molar-refractivity contribution is 6.74. The minimum atomic E-state index is -2.12. The van der Waals surface area contributed by atoms with Gasteiger partial charge >= 0.3 is 6.09 Å². The van der Waals surface area contributed by atoms with Crippen LogP contribution in [-0.2, 0) is 64.5 Å². The Kier molecular flexibility index (Phi) is 24.8. The highest BCUT2D eigenvalue weighted by Crippen LogP contribution is 2.44. The Hall–Kier alpha value is -8.99. The van der Waals surface area contributed by atoms with E-state index in [-0.39, 0.29) is 49.4 Å². The van der Waals surface area contributed by atoms with Crippen LogP contribution in [0.3, 0.4) is 0 Å². The normalized spacial score (nSPS) is 15.3. The topological polar surface area (TPSA) is 176 Å². The number of carbonyl (C=O) groups excluding carboxylic acids is 2. The minimum absolute atomic E-state index is 0.0243. The summed E-state index contributed by atoms with van der Waals surface area (Å²) in [6.07, 6.45) is 3.01. The van der Waals surface area contributed by atoms with Crippen LogP contribution in [0.2, 0.25) is 18.1 Å². The molecule has 5 heterocycles. The lowest BCUT2D eigenvalue weighted by molar-refractivity contribution is -0.00704. The number of benzene rings is 7. The molecule has 538 valence electrons. The molecule has 0 saturated carbocycles. The Balaban J connectivity index is 0.593. The molecular weight excluding hydrogens is 1310 g/mol. The molecule has 0 spiro atoms. The summed E-state index contributed by atoms with van der Waals surface area (Å²) in [5.41, 5.74) is 10.5. The van der Waals surface area contributed by atoms with Gasteiger partial charge in [0.1, 0.15) is 12.4 Å². The molecule has 19 nitrogen and oxygen atoms in total. The van der Waals surface area contributed by atoms with Gasteiger partial charge in [0.15, 0.2) is 23.0 Å². The van der Waals surface area contributed by atoms with Gasteiger partial charge in [-0.05, 0) is 138 Å². The lowest BCUT2D eigenvalue weighted by Crippen LogP contribution is -2.54. The predicted molar refractivity (Wildman–Crippen MR) is 397 cm³/mol. The molecule has 0 radical (unpaired) electrons. The molecule has 102 heavy (non-hydrogen) atoms. The standard InChI is InChI=1S/C82H98N6O13Si/c1-82(2,3)102(4,5)101-69-31-29-67(30-32-69)88(66-25-13-8-14-26-66)80(90)72-53-74(86-35-18-17-27-73(72)86)70-54-77-78(100-60-99-77)55-71(70)79(89)87-57-65-24-16-15-23-64(65)52-68(87)58-84-38-36-83(37-39-84)40-43-93-45-47-95-49-50-96-48-46-94-44-41-85(81(91)92)56-63-28-33-75(98-59-62-21-11-7-12-22-62)76(51-63)97-42-34-61-19-9-6-10-20-61/h6-16,19-26,28-33,51,53-55,68H,17-18,27,34-50,52,56-60H2,1-5H3,(H,91,92)/t68-/m0/s1. The lowest BCUT2D eigenvalue weighted by atomic mass is 9.92. The van der Waals surface area contributed by atoms with E-state index in [1.165, 1.54) is 10.5 Å². The van der Waals surface area contributed by atoms with Gasteiger partial charge in [-0.1, -0.05) is 130 Å². The zero-order valence-electron chi connectivity index (χ0n) is 59.7. The van der Waals surface area contributed by atoms with Crippen LogP contribution in [0.5, 0.6) is 28.7 Å². The molecule has 0 bridgehead atoms. The van der Waals surface area contributed by atoms with Crippen molar-refractivity contribution in [1.82, 2.24) is 24.2 Å². The number of nitrogens with zero attached hydrogens (tertiary/aromatic N) is 6. The first-order chi connectivity index (χ1) is 49.6. The van der Waals surface area contributed by atoms with Crippen molar-refractivity contribution < 1.29 is 61.8 Å². The number of aromatic nitrogens is 1. The summed E-state index contributed by atoms with van der Waals surface area (Å²) < 4.78 is 56.7. The number of fused-ring (bicyclic) bond motifs is 3. The number of piperazine rings is 1. The van der Waals surface area contributed by atoms with E-state index in [0.29, 0.717) is 107 Å². The number of anilines is 2. The van der Waals surface area contributed by atoms with E-state index >= 15 is 9.59 Å². The number of hydrogen-bond donors (Lipinski definition) is 1. The molecule has 12 rings (SSSR count). The monoisotopic (exact) mass is 1400 g/mol. The zero-order valence-corrected chi connectivity index (χ0v) is 60.7. The van der Waals surface area contributed by atoms with E-state index in [9.17, 15) is 9.90 Å². The van der Waals surface area contributed by atoms with Crippen molar-refractivity contribution in [3.8, 4) is 40.0 Å². The predicted octanol–water partition coefficient (Wildman–Crippen LogP) is 14.2. The molecule has 1 N–H and O–H groups in total. The number of carboxylic acid groups (broad SMARTS) is 1. The van der Waals surface area contributed by atoms with Gasteiger partial charge in [-0.2, -0.15) is 0 Å². The highest BCUT2D eigenvalue weighted by atomic mass is 28.4. The summed E-state index contributed by atoms with van der Waals surface area (Å²) in [5, 5.41) is 10.1. The summed E-state index contributed by atoms with van der Waals surface area (Å²) >= 11 is 0. The fraction of sp³-hybridized carbons (Fsp3) is 0.402. The number of rotatable bonds is 33. The van der Waals surface area contributed by atoms with Crippen molar-refractivity contribution in [2.45, 2.75) is 103 Å². The Labute approximate surface area is 601 Å². The van der Waals surface area contributed by atoms with Gasteiger partial charge in [0.2, 0.25) is 15.1 Å². The van der Waals surface area contributed by atoms with Gasteiger partial charge in [-0.3, -0.25) is 24.3 Å². The SMILES string of the molecule is CC(C)(C)[Si](C)(C)Oc1ccc(N(C(=O)c2cc(-c3cc4c(cc3C(=O)N3Cc5ccccc5C[C@H]3CN3CCN(CCOCCOCCOCCOCCN(Cc5ccc(OCc6ccccc6)c(OCCc6ccccc6)c5)C(=O)O)CC3)OCO4)n3c2CCCC3)c2ccccc2)cc1. The van der Waals surface area contributed by atoms with Crippen LogP contribution in [0.25, 0.3) is 11.3 Å². The summed E-state index contributed by atoms with van der Waals surface area (Å²) in [4.78, 5) is 53.8. The summed E-state index contributed by atoms with van der Waals surface area (Å²) in [5.74, 6) is 2.83. The Morgan fingerprint density at radius 3 is 1.89 bits per heavy atom. The van der Waals surface area contributed by atoms with Gasteiger partial charge in [0.05, 0.1) is 70.6 Å². The van der Waals surface area contributed by atoms with Crippen molar-refractivity contribution in [2.24, 2.45) is 0 Å². The van der Waals surface area contributed by atoms with E-state index in [0.717, 1.165) is 128 Å². The van der Waals surface area contributed by atoms with Gasteiger partial charge in [0.25, 0.3) is 11.8 Å². The second kappa shape index (κ2) is 34.8. The maximum atomic E-state index is 15.8. The van der Waals surface area contributed by atoms with Crippen LogP contribution in [0.1, 0.15) is 87.8 Å². The smallest absolute Gasteiger partial charge is 0.407 e. The third-order valence-electron chi connectivity index (χ3n) is 20.1. The van der Waals surface area contributed by atoms with Crippen LogP contribution in [0.4, 0.5) is 16.2 Å². The van der Waals surface area contributed by atoms with Crippen LogP contribution >= 0.6 is 0 Å². The van der Waals surface area contributed by atoms with E-state index in [4.69, 9.17) is 42.3 Å². The fourth-order valence-electron chi connectivity index (χ4n) is 13.4. The van der Waals surface area contributed by atoms with E-state index in [2.05, 4.69) is 89.5 Å². The first-order valence-corrected chi connectivity index (χ1v) is 39.0. The van der Waals surface area contributed by atoms with Crippen LogP contribution < -0.4 is 28.3 Å². The van der Waals surface area contributed by atoms with Crippen molar-refractivity contribution in [2.75, 3.05) is 117 Å². The van der Waals surface area contributed by atoms with E-state index in [1.54, 1.807) is 4.90 Å². The Bertz CT molecular complexity index is 4050. The molecule has 4 aliphatic heterocycles. The third-order valence-corrected chi connectivity index (χ3v) is 24.5. The first kappa shape index (κ1) is 72.8. The average Bonchev–Trinajstić information content (AvgIpc) is 1.56. The van der Waals surface area contributed by atoms with Gasteiger partial charge in [-0.25, -0.2) is 4.79 Å². The van der Waals surface area contributed by atoms with Crippen LogP contribution in [0, 0.1) is 0 Å². The lowest BCUT2D eigenvalue weighted by Gasteiger charge is -2.42. The molecule has 1 saturated heterocycles. The molecule has 0 unspecified atom stereocenters. The maximum Gasteiger partial charge on any atom is 0.407 e.